The van der Waals surface area contributed by atoms with Crippen molar-refractivity contribution in [2.75, 3.05) is 18.5 Å². The molecule has 0 aliphatic heterocycles. The van der Waals surface area contributed by atoms with E-state index < -0.39 is 36.8 Å². The first-order valence-corrected chi connectivity index (χ1v) is 7.99. The number of nitrogens with one attached hydrogen (secondary N) is 2. The Labute approximate surface area is 151 Å². The largest absolute Gasteiger partial charge is 0.454 e. The topological polar surface area (TPSA) is 84.5 Å². The fourth-order valence-corrected chi connectivity index (χ4v) is 2.21. The van der Waals surface area contributed by atoms with Crippen LogP contribution in [0.1, 0.15) is 10.4 Å². The number of carbonyl (C=O) groups is 3. The summed E-state index contributed by atoms with van der Waals surface area (Å²) in [5.74, 6) is -2.48. The number of hydrogen-bond acceptors (Lipinski definition) is 4. The molecule has 0 spiro atoms. The lowest BCUT2D eigenvalue weighted by molar-refractivity contribution is -0.146. The third-order valence-electron chi connectivity index (χ3n) is 2.99. The summed E-state index contributed by atoms with van der Waals surface area (Å²) in [6.07, 6.45) is 0. The lowest BCUT2D eigenvalue weighted by Gasteiger charge is -2.08. The van der Waals surface area contributed by atoms with E-state index >= 15 is 0 Å². The molecular weight excluding hydrogens is 395 g/mol. The second-order valence-corrected chi connectivity index (χ2v) is 5.74. The van der Waals surface area contributed by atoms with E-state index in [4.69, 9.17) is 4.74 Å². The minimum absolute atomic E-state index is 0.0828. The van der Waals surface area contributed by atoms with Crippen LogP contribution in [0.2, 0.25) is 0 Å². The highest BCUT2D eigenvalue weighted by atomic mass is 79.9. The first-order valence-electron chi connectivity index (χ1n) is 7.19. The molecule has 6 nitrogen and oxygen atoms in total. The molecule has 2 rings (SSSR count). The molecule has 2 N–H and O–H groups in total. The molecule has 0 saturated carbocycles. The fraction of sp³-hybridized carbons (Fsp3) is 0.118. The van der Waals surface area contributed by atoms with Crippen LogP contribution in [0.25, 0.3) is 0 Å². The quantitative estimate of drug-likeness (QED) is 0.719. The summed E-state index contributed by atoms with van der Waals surface area (Å²) in [4.78, 5) is 35.0. The van der Waals surface area contributed by atoms with Crippen molar-refractivity contribution in [3.8, 4) is 0 Å². The SMILES string of the molecule is O=C(COC(=O)CNC(=O)c1cccc(F)c1)Nc1ccccc1Br. The Morgan fingerprint density at radius 2 is 1.84 bits per heavy atom. The molecule has 2 aromatic rings. The van der Waals surface area contributed by atoms with E-state index in [9.17, 15) is 18.8 Å². The molecule has 0 atom stereocenters. The zero-order valence-electron chi connectivity index (χ0n) is 12.9. The Balaban J connectivity index is 1.74. The van der Waals surface area contributed by atoms with Gasteiger partial charge in [0.25, 0.3) is 11.8 Å². The van der Waals surface area contributed by atoms with Gasteiger partial charge < -0.3 is 15.4 Å². The van der Waals surface area contributed by atoms with Crippen LogP contribution < -0.4 is 10.6 Å². The molecule has 2 aromatic carbocycles. The van der Waals surface area contributed by atoms with Gasteiger partial charge in [0.15, 0.2) is 6.61 Å². The minimum Gasteiger partial charge on any atom is -0.454 e. The van der Waals surface area contributed by atoms with Crippen molar-refractivity contribution < 1.29 is 23.5 Å². The van der Waals surface area contributed by atoms with Gasteiger partial charge >= 0.3 is 5.97 Å². The minimum atomic E-state index is -0.785. The number of hydrogen-bond donors (Lipinski definition) is 2. The first kappa shape index (κ1) is 18.6. The third-order valence-corrected chi connectivity index (χ3v) is 3.68. The summed E-state index contributed by atoms with van der Waals surface area (Å²) in [7, 11) is 0. The highest BCUT2D eigenvalue weighted by molar-refractivity contribution is 9.10. The van der Waals surface area contributed by atoms with E-state index in [0.29, 0.717) is 10.2 Å². The number of benzene rings is 2. The van der Waals surface area contributed by atoms with E-state index in [1.165, 1.54) is 18.2 Å². The van der Waals surface area contributed by atoms with Gasteiger partial charge in [0, 0.05) is 10.0 Å². The van der Waals surface area contributed by atoms with E-state index in [1.54, 1.807) is 24.3 Å². The normalized spacial score (nSPS) is 10.0. The fourth-order valence-electron chi connectivity index (χ4n) is 1.83. The molecule has 0 heterocycles. The monoisotopic (exact) mass is 408 g/mol. The van der Waals surface area contributed by atoms with Crippen LogP contribution in [0.5, 0.6) is 0 Å². The van der Waals surface area contributed by atoms with Crippen LogP contribution in [0, 0.1) is 5.82 Å². The van der Waals surface area contributed by atoms with Gasteiger partial charge in [-0.3, -0.25) is 14.4 Å². The highest BCUT2D eigenvalue weighted by Crippen LogP contribution is 2.20. The van der Waals surface area contributed by atoms with Crippen LogP contribution in [0.15, 0.2) is 53.0 Å². The molecular formula is C17H14BrFN2O4. The Morgan fingerprint density at radius 1 is 1.08 bits per heavy atom. The van der Waals surface area contributed by atoms with Gasteiger partial charge in [0.1, 0.15) is 12.4 Å². The smallest absolute Gasteiger partial charge is 0.325 e. The van der Waals surface area contributed by atoms with Crippen molar-refractivity contribution in [3.05, 3.63) is 64.4 Å². The molecule has 2 amide bonds. The number of amides is 2. The molecule has 0 aliphatic carbocycles. The summed E-state index contributed by atoms with van der Waals surface area (Å²) in [6.45, 7) is -0.923. The average molecular weight is 409 g/mol. The molecule has 0 unspecified atom stereocenters. The van der Waals surface area contributed by atoms with Crippen LogP contribution in [0.4, 0.5) is 10.1 Å². The molecule has 25 heavy (non-hydrogen) atoms. The number of ether oxygens (including phenoxy) is 1. The number of para-hydroxylation sites is 1. The molecule has 0 saturated heterocycles. The van der Waals surface area contributed by atoms with Gasteiger partial charge in [-0.2, -0.15) is 0 Å². The molecule has 0 bridgehead atoms. The second kappa shape index (κ2) is 8.93. The summed E-state index contributed by atoms with van der Waals surface area (Å²) in [6, 6.07) is 12.0. The lowest BCUT2D eigenvalue weighted by Crippen LogP contribution is -2.32. The number of anilines is 1. The van der Waals surface area contributed by atoms with Crippen molar-refractivity contribution in [1.29, 1.82) is 0 Å². The molecule has 0 aliphatic rings. The van der Waals surface area contributed by atoms with Crippen LogP contribution in [0.3, 0.4) is 0 Å². The van der Waals surface area contributed by atoms with Gasteiger partial charge in [0.2, 0.25) is 0 Å². The van der Waals surface area contributed by atoms with E-state index in [-0.39, 0.29) is 5.56 Å². The van der Waals surface area contributed by atoms with Crippen LogP contribution >= 0.6 is 15.9 Å². The summed E-state index contributed by atoms with van der Waals surface area (Å²) in [5, 5.41) is 4.86. The molecule has 0 aromatic heterocycles. The molecule has 0 fully saturated rings. The first-order chi connectivity index (χ1) is 12.0. The molecule has 8 heteroatoms. The third kappa shape index (κ3) is 6.00. The standard InChI is InChI=1S/C17H14BrFN2O4/c18-13-6-1-2-7-14(13)21-15(22)10-25-16(23)9-20-17(24)11-4-3-5-12(19)8-11/h1-8H,9-10H2,(H,20,24)(H,21,22). The van der Waals surface area contributed by atoms with Gasteiger partial charge in [-0.25, -0.2) is 4.39 Å². The Bertz CT molecular complexity index is 798. The van der Waals surface area contributed by atoms with E-state index in [0.717, 1.165) is 6.07 Å². The van der Waals surface area contributed by atoms with Crippen molar-refractivity contribution in [2.45, 2.75) is 0 Å². The van der Waals surface area contributed by atoms with Gasteiger partial charge in [-0.05, 0) is 46.3 Å². The summed E-state index contributed by atoms with van der Waals surface area (Å²) >= 11 is 3.28. The average Bonchev–Trinajstić information content (AvgIpc) is 2.60. The van der Waals surface area contributed by atoms with Crippen molar-refractivity contribution in [2.24, 2.45) is 0 Å². The zero-order chi connectivity index (χ0) is 18.2. The maximum Gasteiger partial charge on any atom is 0.325 e. The predicted octanol–water partition coefficient (Wildman–Crippen LogP) is 2.50. The summed E-state index contributed by atoms with van der Waals surface area (Å²) < 4.78 is 18.5. The van der Waals surface area contributed by atoms with E-state index in [2.05, 4.69) is 26.6 Å². The number of esters is 1. The van der Waals surface area contributed by atoms with Gasteiger partial charge in [-0.1, -0.05) is 18.2 Å². The van der Waals surface area contributed by atoms with Crippen molar-refractivity contribution in [1.82, 2.24) is 5.32 Å². The van der Waals surface area contributed by atoms with Crippen molar-refractivity contribution in [3.63, 3.8) is 0 Å². The predicted molar refractivity (Wildman–Crippen MR) is 92.5 cm³/mol. The molecule has 0 radical (unpaired) electrons. The highest BCUT2D eigenvalue weighted by Gasteiger charge is 2.12. The van der Waals surface area contributed by atoms with E-state index in [1.807, 2.05) is 0 Å². The number of halogens is 2. The Kier molecular flexibility index (Phi) is 6.64. The maximum absolute atomic E-state index is 13.0. The summed E-state index contributed by atoms with van der Waals surface area (Å²) in [5.41, 5.74) is 0.627. The lowest BCUT2D eigenvalue weighted by atomic mass is 10.2. The van der Waals surface area contributed by atoms with Crippen molar-refractivity contribution >= 4 is 39.4 Å². The second-order valence-electron chi connectivity index (χ2n) is 4.88. The Morgan fingerprint density at radius 3 is 2.56 bits per heavy atom. The zero-order valence-corrected chi connectivity index (χ0v) is 14.5. The van der Waals surface area contributed by atoms with Crippen LogP contribution in [-0.4, -0.2) is 30.9 Å². The Hall–Kier alpha value is -2.74. The number of carbonyl (C=O) groups excluding carboxylic acids is 3. The van der Waals surface area contributed by atoms with Gasteiger partial charge in [0.05, 0.1) is 5.69 Å². The molecule has 130 valence electrons. The van der Waals surface area contributed by atoms with Gasteiger partial charge in [-0.15, -0.1) is 0 Å². The maximum atomic E-state index is 13.0. The van der Waals surface area contributed by atoms with Crippen LogP contribution in [-0.2, 0) is 14.3 Å². The number of rotatable bonds is 6.